The smallest absolute Gasteiger partial charge is 0.265 e. The Balaban J connectivity index is 1.81. The molecule has 2 aromatic heterocycles. The number of nitrogens with zero attached hydrogens (tertiary/aromatic N) is 6. The average molecular weight is 465 g/mol. The number of anilines is 1. The van der Waals surface area contributed by atoms with Gasteiger partial charge in [-0.15, -0.1) is 5.10 Å². The Morgan fingerprint density at radius 1 is 1.33 bits per heavy atom. The molecule has 0 unspecified atom stereocenters. The Morgan fingerprint density at radius 3 is 2.73 bits per heavy atom. The van der Waals surface area contributed by atoms with Gasteiger partial charge in [0.1, 0.15) is 12.8 Å². The lowest BCUT2D eigenvalue weighted by molar-refractivity contribution is -0.0117. The zero-order chi connectivity index (χ0) is 24.2. The van der Waals surface area contributed by atoms with E-state index in [1.807, 2.05) is 13.0 Å². The number of hydrazine groups is 1. The Labute approximate surface area is 193 Å². The van der Waals surface area contributed by atoms with Crippen molar-refractivity contribution < 1.29 is 13.5 Å². The molecule has 33 heavy (non-hydrogen) atoms. The maximum Gasteiger partial charge on any atom is 0.265 e. The molecule has 9 nitrogen and oxygen atoms in total. The molecule has 0 amide bonds. The fraction of sp³-hybridized carbons (Fsp3) is 0.591. The van der Waals surface area contributed by atoms with Crippen molar-refractivity contribution in [2.45, 2.75) is 52.5 Å². The molecule has 1 aliphatic rings. The number of hydrogen-bond acceptors (Lipinski definition) is 8. The van der Waals surface area contributed by atoms with Gasteiger partial charge in [-0.2, -0.15) is 9.90 Å². The van der Waals surface area contributed by atoms with Crippen LogP contribution in [-0.4, -0.2) is 57.7 Å². The van der Waals surface area contributed by atoms with Crippen LogP contribution >= 0.6 is 0 Å². The molecule has 182 valence electrons. The van der Waals surface area contributed by atoms with Crippen LogP contribution < -0.4 is 21.2 Å². The van der Waals surface area contributed by atoms with E-state index in [0.717, 1.165) is 0 Å². The first-order valence-electron chi connectivity index (χ1n) is 11.2. The van der Waals surface area contributed by atoms with Crippen molar-refractivity contribution in [3.05, 3.63) is 35.4 Å². The van der Waals surface area contributed by atoms with Crippen molar-refractivity contribution in [3.63, 3.8) is 0 Å². The first-order valence-corrected chi connectivity index (χ1v) is 11.2. The molecular formula is C22H34F2N8O. The molecule has 0 spiro atoms. The molecule has 0 saturated carbocycles. The van der Waals surface area contributed by atoms with E-state index in [1.165, 1.54) is 5.01 Å². The minimum absolute atomic E-state index is 0.0719. The van der Waals surface area contributed by atoms with Crippen LogP contribution in [-0.2, 0) is 13.0 Å². The highest BCUT2D eigenvalue weighted by molar-refractivity contribution is 5.65. The second-order valence-electron chi connectivity index (χ2n) is 8.79. The number of aryl methyl sites for hydroxylation is 1. The second-order valence-corrected chi connectivity index (χ2v) is 8.79. The van der Waals surface area contributed by atoms with Gasteiger partial charge in [-0.3, -0.25) is 0 Å². The number of alkyl halides is 2. The van der Waals surface area contributed by atoms with Crippen LogP contribution in [0.3, 0.4) is 0 Å². The maximum atomic E-state index is 13.9. The fourth-order valence-corrected chi connectivity index (χ4v) is 3.79. The van der Waals surface area contributed by atoms with Gasteiger partial charge in [0.05, 0.1) is 41.6 Å². The second kappa shape index (κ2) is 10.3. The van der Waals surface area contributed by atoms with E-state index in [4.69, 9.17) is 16.3 Å². The van der Waals surface area contributed by atoms with Crippen molar-refractivity contribution in [3.8, 4) is 5.88 Å². The third-order valence-electron chi connectivity index (χ3n) is 5.43. The quantitative estimate of drug-likeness (QED) is 0.430. The van der Waals surface area contributed by atoms with E-state index in [2.05, 4.69) is 29.0 Å². The zero-order valence-corrected chi connectivity index (χ0v) is 19.8. The number of hydrogen-bond donors (Lipinski definition) is 2. The topological polar surface area (TPSA) is 111 Å². The van der Waals surface area contributed by atoms with Gasteiger partial charge in [0, 0.05) is 20.0 Å². The minimum Gasteiger partial charge on any atom is -0.469 e. The highest BCUT2D eigenvalue weighted by Gasteiger charge is 2.36. The monoisotopic (exact) mass is 464 g/mol. The number of ether oxygens (including phenoxy) is 1. The van der Waals surface area contributed by atoms with Gasteiger partial charge in [0.15, 0.2) is 0 Å². The van der Waals surface area contributed by atoms with Gasteiger partial charge < -0.3 is 20.4 Å². The summed E-state index contributed by atoms with van der Waals surface area (Å²) in [6.45, 7) is 7.14. The molecule has 1 saturated heterocycles. The van der Waals surface area contributed by atoms with Crippen LogP contribution in [0.15, 0.2) is 24.0 Å². The summed E-state index contributed by atoms with van der Waals surface area (Å²) >= 11 is 0. The van der Waals surface area contributed by atoms with Crippen LogP contribution in [0.4, 0.5) is 14.5 Å². The van der Waals surface area contributed by atoms with Gasteiger partial charge >= 0.3 is 0 Å². The lowest BCUT2D eigenvalue weighted by Gasteiger charge is -2.35. The van der Waals surface area contributed by atoms with Crippen molar-refractivity contribution in [1.82, 2.24) is 25.0 Å². The van der Waals surface area contributed by atoms with E-state index in [1.54, 1.807) is 29.0 Å². The number of aromatic nitrogens is 4. The molecule has 0 bridgehead atoms. The van der Waals surface area contributed by atoms with E-state index in [9.17, 15) is 8.78 Å². The summed E-state index contributed by atoms with van der Waals surface area (Å²) in [5.74, 6) is 4.10. The molecule has 4 N–H and O–H groups in total. The molecule has 3 heterocycles. The third kappa shape index (κ3) is 6.31. The average Bonchev–Trinajstić information content (AvgIpc) is 3.18. The molecular weight excluding hydrogens is 430 g/mol. The predicted octanol–water partition coefficient (Wildman–Crippen LogP) is 2.64. The van der Waals surface area contributed by atoms with E-state index >= 15 is 0 Å². The van der Waals surface area contributed by atoms with Gasteiger partial charge in [0.25, 0.3) is 11.8 Å². The predicted molar refractivity (Wildman–Crippen MR) is 123 cm³/mol. The highest BCUT2D eigenvalue weighted by atomic mass is 19.3. The standard InChI is InChI=1S/C22H34F2N8O/c1-5-16-18(31-10-6-9-22(23,24)14-31)8-7-17(28-16)21(25)19(30(4)26)13-33-20-11-27-32(29-20)12-15(2)3/h7-8,11,15H,5-6,9-10,12-14,25-26H2,1-4H3/b21-19-. The van der Waals surface area contributed by atoms with Crippen LogP contribution in [0.5, 0.6) is 5.88 Å². The zero-order valence-electron chi connectivity index (χ0n) is 19.8. The molecule has 1 fully saturated rings. The minimum atomic E-state index is -2.69. The summed E-state index contributed by atoms with van der Waals surface area (Å²) in [5, 5.41) is 9.86. The van der Waals surface area contributed by atoms with Crippen molar-refractivity contribution in [2.75, 3.05) is 31.6 Å². The largest absolute Gasteiger partial charge is 0.469 e. The van der Waals surface area contributed by atoms with Crippen LogP contribution in [0.25, 0.3) is 5.70 Å². The molecule has 3 rings (SSSR count). The number of rotatable bonds is 9. The number of piperidine rings is 1. The molecule has 0 atom stereocenters. The van der Waals surface area contributed by atoms with Gasteiger partial charge in [-0.25, -0.2) is 19.6 Å². The van der Waals surface area contributed by atoms with E-state index in [-0.39, 0.29) is 19.6 Å². The molecule has 11 heteroatoms. The van der Waals surface area contributed by atoms with Crippen LogP contribution in [0, 0.1) is 5.92 Å². The Morgan fingerprint density at radius 2 is 2.09 bits per heavy atom. The Kier molecular flexibility index (Phi) is 7.72. The van der Waals surface area contributed by atoms with Crippen LogP contribution in [0.1, 0.15) is 45.0 Å². The summed E-state index contributed by atoms with van der Waals surface area (Å²) in [5.41, 5.74) is 9.21. The SMILES string of the molecule is CCc1nc(/C(N)=C(\COc2cnn(CC(C)C)n2)N(C)N)ccc1N1CCCC(F)(F)C1. The normalized spacial score (nSPS) is 16.7. The molecule has 0 radical (unpaired) electrons. The van der Waals surface area contributed by atoms with Crippen molar-refractivity contribution in [1.29, 1.82) is 0 Å². The Hall–Kier alpha value is -2.95. The highest BCUT2D eigenvalue weighted by Crippen LogP contribution is 2.32. The summed E-state index contributed by atoms with van der Waals surface area (Å²) in [7, 11) is 1.66. The number of halogens is 2. The lowest BCUT2D eigenvalue weighted by atomic mass is 10.1. The summed E-state index contributed by atoms with van der Waals surface area (Å²) in [6, 6.07) is 3.54. The van der Waals surface area contributed by atoms with E-state index in [0.29, 0.717) is 66.2 Å². The fourth-order valence-electron chi connectivity index (χ4n) is 3.79. The maximum absolute atomic E-state index is 13.9. The number of likely N-dealkylation sites (N-methyl/N-ethyl adjacent to an activating group) is 1. The first-order chi connectivity index (χ1) is 15.6. The van der Waals surface area contributed by atoms with E-state index < -0.39 is 5.92 Å². The van der Waals surface area contributed by atoms with Crippen molar-refractivity contribution in [2.24, 2.45) is 17.5 Å². The molecule has 0 aliphatic carbocycles. The molecule has 0 aromatic carbocycles. The number of nitrogens with two attached hydrogens (primary N) is 2. The summed E-state index contributed by atoms with van der Waals surface area (Å²) in [4.78, 5) is 7.96. The van der Waals surface area contributed by atoms with Gasteiger partial charge in [-0.05, 0) is 30.9 Å². The molecule has 1 aliphatic heterocycles. The lowest BCUT2D eigenvalue weighted by Crippen LogP contribution is -2.43. The van der Waals surface area contributed by atoms with Crippen LogP contribution in [0.2, 0.25) is 0 Å². The summed E-state index contributed by atoms with van der Waals surface area (Å²) < 4.78 is 33.6. The first kappa shape index (κ1) is 24.7. The van der Waals surface area contributed by atoms with Gasteiger partial charge in [0.2, 0.25) is 0 Å². The third-order valence-corrected chi connectivity index (χ3v) is 5.43. The van der Waals surface area contributed by atoms with Crippen molar-refractivity contribution >= 4 is 11.4 Å². The summed E-state index contributed by atoms with van der Waals surface area (Å²) in [6.07, 6.45) is 2.50. The number of pyridine rings is 1. The molecule has 2 aromatic rings. The Bertz CT molecular complexity index is 973. The van der Waals surface area contributed by atoms with Gasteiger partial charge in [-0.1, -0.05) is 20.8 Å².